The average molecular weight is 281 g/mol. The van der Waals surface area contributed by atoms with Crippen LogP contribution in [0.3, 0.4) is 0 Å². The molecule has 0 aliphatic heterocycles. The number of allylic oxidation sites excluding steroid dienone is 1. The van der Waals surface area contributed by atoms with Crippen LogP contribution < -0.4 is 10.6 Å². The Kier molecular flexibility index (Phi) is 7.95. The van der Waals surface area contributed by atoms with Gasteiger partial charge in [0.1, 0.15) is 0 Å². The zero-order valence-corrected chi connectivity index (χ0v) is 12.7. The average Bonchev–Trinajstić information content (AvgIpc) is 2.44. The number of amides is 2. The van der Waals surface area contributed by atoms with E-state index in [1.807, 2.05) is 19.0 Å². The summed E-state index contributed by atoms with van der Waals surface area (Å²) in [5.74, 6) is -1.05. The Balaban J connectivity index is 2.08. The van der Waals surface area contributed by atoms with E-state index >= 15 is 0 Å². The van der Waals surface area contributed by atoms with Crippen LogP contribution in [0.5, 0.6) is 0 Å². The Hall–Kier alpha value is -1.36. The molecule has 0 aromatic carbocycles. The molecule has 0 saturated carbocycles. The first kappa shape index (κ1) is 16.7. The highest BCUT2D eigenvalue weighted by atomic mass is 16.2. The van der Waals surface area contributed by atoms with Gasteiger partial charge in [-0.05, 0) is 59.2 Å². The summed E-state index contributed by atoms with van der Waals surface area (Å²) in [5, 5.41) is 5.31. The van der Waals surface area contributed by atoms with Crippen LogP contribution in [-0.4, -0.2) is 50.4 Å². The Morgan fingerprint density at radius 1 is 1.15 bits per heavy atom. The van der Waals surface area contributed by atoms with Crippen LogP contribution in [0, 0.1) is 0 Å². The van der Waals surface area contributed by atoms with E-state index in [4.69, 9.17) is 0 Å². The summed E-state index contributed by atoms with van der Waals surface area (Å²) in [7, 11) is 3.96. The summed E-state index contributed by atoms with van der Waals surface area (Å²) < 4.78 is 0. The second kappa shape index (κ2) is 9.53. The molecule has 0 saturated heterocycles. The lowest BCUT2D eigenvalue weighted by Gasteiger charge is -2.13. The third-order valence-electron chi connectivity index (χ3n) is 3.39. The minimum Gasteiger partial charge on any atom is -0.348 e. The highest BCUT2D eigenvalue weighted by molar-refractivity contribution is 6.35. The predicted octanol–water partition coefficient (Wildman–Crippen LogP) is 1.06. The molecule has 5 heteroatoms. The maximum absolute atomic E-state index is 11.6. The van der Waals surface area contributed by atoms with E-state index in [2.05, 4.69) is 16.7 Å². The Morgan fingerprint density at radius 2 is 1.85 bits per heavy atom. The van der Waals surface area contributed by atoms with Crippen LogP contribution in [-0.2, 0) is 9.59 Å². The summed E-state index contributed by atoms with van der Waals surface area (Å²) in [4.78, 5) is 25.1. The Morgan fingerprint density at radius 3 is 2.45 bits per heavy atom. The van der Waals surface area contributed by atoms with Gasteiger partial charge in [-0.3, -0.25) is 9.59 Å². The number of nitrogens with zero attached hydrogens (tertiary/aromatic N) is 1. The molecule has 1 aliphatic carbocycles. The van der Waals surface area contributed by atoms with Gasteiger partial charge in [0.15, 0.2) is 0 Å². The van der Waals surface area contributed by atoms with E-state index < -0.39 is 11.8 Å². The van der Waals surface area contributed by atoms with Crippen LogP contribution in [0.2, 0.25) is 0 Å². The minimum atomic E-state index is -0.527. The molecule has 1 rings (SSSR count). The van der Waals surface area contributed by atoms with Gasteiger partial charge in [0, 0.05) is 13.1 Å². The van der Waals surface area contributed by atoms with Crippen LogP contribution in [0.4, 0.5) is 0 Å². The molecule has 0 fully saturated rings. The maximum atomic E-state index is 11.6. The summed E-state index contributed by atoms with van der Waals surface area (Å²) in [5.41, 5.74) is 1.41. The number of hydrogen-bond donors (Lipinski definition) is 2. The standard InChI is InChI=1S/C15H27N3O2/c1-18(2)12-6-10-16-14(19)15(20)17-11-9-13-7-4-3-5-8-13/h7H,3-6,8-12H2,1-2H3,(H,16,19)(H,17,20). The van der Waals surface area contributed by atoms with Crippen molar-refractivity contribution in [1.82, 2.24) is 15.5 Å². The van der Waals surface area contributed by atoms with E-state index in [0.717, 1.165) is 32.2 Å². The molecule has 2 N–H and O–H groups in total. The molecule has 5 nitrogen and oxygen atoms in total. The van der Waals surface area contributed by atoms with E-state index in [9.17, 15) is 9.59 Å². The topological polar surface area (TPSA) is 61.4 Å². The van der Waals surface area contributed by atoms with Crippen molar-refractivity contribution in [1.29, 1.82) is 0 Å². The SMILES string of the molecule is CN(C)CCCNC(=O)C(=O)NCCC1=CCCCC1. The number of nitrogens with one attached hydrogen (secondary N) is 2. The van der Waals surface area contributed by atoms with Crippen molar-refractivity contribution in [3.63, 3.8) is 0 Å². The first-order valence-corrected chi connectivity index (χ1v) is 7.48. The van der Waals surface area contributed by atoms with Crippen LogP contribution in [0.15, 0.2) is 11.6 Å². The van der Waals surface area contributed by atoms with Crippen LogP contribution in [0.25, 0.3) is 0 Å². The molecule has 0 spiro atoms. The summed E-state index contributed by atoms with van der Waals surface area (Å²) >= 11 is 0. The van der Waals surface area contributed by atoms with E-state index in [1.54, 1.807) is 0 Å². The number of rotatable bonds is 7. The van der Waals surface area contributed by atoms with Crippen molar-refractivity contribution in [3.05, 3.63) is 11.6 Å². The van der Waals surface area contributed by atoms with Crippen molar-refractivity contribution in [3.8, 4) is 0 Å². The monoisotopic (exact) mass is 281 g/mol. The third-order valence-corrected chi connectivity index (χ3v) is 3.39. The van der Waals surface area contributed by atoms with Gasteiger partial charge < -0.3 is 15.5 Å². The molecule has 2 amide bonds. The van der Waals surface area contributed by atoms with Gasteiger partial charge in [0.25, 0.3) is 0 Å². The van der Waals surface area contributed by atoms with Gasteiger partial charge in [0.2, 0.25) is 0 Å². The molecule has 20 heavy (non-hydrogen) atoms. The third kappa shape index (κ3) is 7.28. The lowest BCUT2D eigenvalue weighted by Crippen LogP contribution is -2.41. The second-order valence-corrected chi connectivity index (χ2v) is 5.53. The van der Waals surface area contributed by atoms with Crippen molar-refractivity contribution in [2.75, 3.05) is 33.7 Å². The molecule has 1 aliphatic rings. The molecule has 0 bridgehead atoms. The first-order valence-electron chi connectivity index (χ1n) is 7.48. The summed E-state index contributed by atoms with van der Waals surface area (Å²) in [6.45, 7) is 1.99. The minimum absolute atomic E-state index is 0.522. The summed E-state index contributed by atoms with van der Waals surface area (Å²) in [6.07, 6.45) is 8.76. The fourth-order valence-electron chi connectivity index (χ4n) is 2.23. The zero-order chi connectivity index (χ0) is 14.8. The van der Waals surface area contributed by atoms with Gasteiger partial charge in [-0.2, -0.15) is 0 Å². The Bertz CT molecular complexity index is 351. The highest BCUT2D eigenvalue weighted by Crippen LogP contribution is 2.19. The first-order chi connectivity index (χ1) is 9.59. The van der Waals surface area contributed by atoms with Gasteiger partial charge in [-0.25, -0.2) is 0 Å². The molecule has 0 aromatic heterocycles. The number of carbonyl (C=O) groups is 2. The summed E-state index contributed by atoms with van der Waals surface area (Å²) in [6, 6.07) is 0. The van der Waals surface area contributed by atoms with Crippen molar-refractivity contribution in [2.24, 2.45) is 0 Å². The normalized spacial score (nSPS) is 14.8. The molecular formula is C15H27N3O2. The zero-order valence-electron chi connectivity index (χ0n) is 12.7. The molecular weight excluding hydrogens is 254 g/mol. The van der Waals surface area contributed by atoms with Gasteiger partial charge in [-0.15, -0.1) is 0 Å². The number of carbonyl (C=O) groups excluding carboxylic acids is 2. The molecule has 0 atom stereocenters. The van der Waals surface area contributed by atoms with Crippen molar-refractivity contribution < 1.29 is 9.59 Å². The van der Waals surface area contributed by atoms with Crippen molar-refractivity contribution in [2.45, 2.75) is 38.5 Å². The maximum Gasteiger partial charge on any atom is 0.309 e. The lowest BCUT2D eigenvalue weighted by molar-refractivity contribution is -0.139. The van der Waals surface area contributed by atoms with Crippen molar-refractivity contribution >= 4 is 11.8 Å². The van der Waals surface area contributed by atoms with E-state index in [0.29, 0.717) is 13.1 Å². The van der Waals surface area contributed by atoms with Crippen LogP contribution >= 0.6 is 0 Å². The lowest BCUT2D eigenvalue weighted by atomic mass is 9.97. The van der Waals surface area contributed by atoms with Crippen LogP contribution in [0.1, 0.15) is 38.5 Å². The second-order valence-electron chi connectivity index (χ2n) is 5.53. The van der Waals surface area contributed by atoms with E-state index in [1.165, 1.54) is 18.4 Å². The molecule has 0 heterocycles. The highest BCUT2D eigenvalue weighted by Gasteiger charge is 2.12. The Labute approximate surface area is 121 Å². The molecule has 114 valence electrons. The van der Waals surface area contributed by atoms with Gasteiger partial charge >= 0.3 is 11.8 Å². The smallest absolute Gasteiger partial charge is 0.309 e. The largest absolute Gasteiger partial charge is 0.348 e. The molecule has 0 radical (unpaired) electrons. The fraction of sp³-hybridized carbons (Fsp3) is 0.733. The van der Waals surface area contributed by atoms with Gasteiger partial charge in [0.05, 0.1) is 0 Å². The molecule has 0 unspecified atom stereocenters. The van der Waals surface area contributed by atoms with E-state index in [-0.39, 0.29) is 0 Å². The number of hydrogen-bond acceptors (Lipinski definition) is 3. The quantitative estimate of drug-likeness (QED) is 0.417. The predicted molar refractivity (Wildman–Crippen MR) is 80.4 cm³/mol. The molecule has 0 aromatic rings. The van der Waals surface area contributed by atoms with Gasteiger partial charge in [-0.1, -0.05) is 11.6 Å². The fourth-order valence-corrected chi connectivity index (χ4v) is 2.23.